The second-order valence-electron chi connectivity index (χ2n) is 8.17. The van der Waals surface area contributed by atoms with Gasteiger partial charge in [-0.1, -0.05) is 29.3 Å². The van der Waals surface area contributed by atoms with Crippen molar-refractivity contribution in [2.24, 2.45) is 5.92 Å². The highest BCUT2D eigenvalue weighted by Gasteiger charge is 2.34. The fraction of sp³-hybridized carbons (Fsp3) is 0.571. The van der Waals surface area contributed by atoms with E-state index in [-0.39, 0.29) is 33.6 Å². The van der Waals surface area contributed by atoms with Crippen LogP contribution in [-0.2, 0) is 9.53 Å². The molecule has 2 fully saturated rings. The zero-order chi connectivity index (χ0) is 23.5. The highest BCUT2D eigenvalue weighted by molar-refractivity contribution is 6.37. The van der Waals surface area contributed by atoms with Gasteiger partial charge >= 0.3 is 11.7 Å². The summed E-state index contributed by atoms with van der Waals surface area (Å²) < 4.78 is 6.98. The van der Waals surface area contributed by atoms with E-state index in [9.17, 15) is 14.4 Å². The third-order valence-corrected chi connectivity index (χ3v) is 6.92. The third-order valence-electron chi connectivity index (χ3n) is 6.31. The normalized spacial score (nSPS) is 21.1. The molecule has 2 aromatic rings. The third kappa shape index (κ3) is 4.78. The molecule has 0 bridgehead atoms. The first-order valence-electron chi connectivity index (χ1n) is 11.1. The van der Waals surface area contributed by atoms with Crippen molar-refractivity contribution in [1.82, 2.24) is 29.6 Å². The van der Waals surface area contributed by atoms with Crippen molar-refractivity contribution in [3.8, 4) is 5.69 Å². The van der Waals surface area contributed by atoms with Gasteiger partial charge in [-0.25, -0.2) is 9.59 Å². The smallest absolute Gasteiger partial charge is 0.377 e. The van der Waals surface area contributed by atoms with Crippen molar-refractivity contribution in [3.63, 3.8) is 0 Å². The number of rotatable bonds is 4. The minimum Gasteiger partial charge on any atom is -0.378 e. The van der Waals surface area contributed by atoms with Crippen LogP contribution in [0.25, 0.3) is 5.69 Å². The number of nitrogens with zero attached hydrogens (tertiary/aromatic N) is 6. The number of ether oxygens (including phenoxy) is 1. The molecule has 0 radical (unpaired) electrons. The Kier molecular flexibility index (Phi) is 7.35. The Morgan fingerprint density at radius 1 is 1.09 bits per heavy atom. The Labute approximate surface area is 201 Å². The van der Waals surface area contributed by atoms with Crippen LogP contribution >= 0.6 is 23.2 Å². The molecule has 1 aliphatic heterocycles. The van der Waals surface area contributed by atoms with E-state index in [1.807, 2.05) is 11.8 Å². The number of hydrogen-bond donors (Lipinski definition) is 0. The SMILES string of the molecule is CCN(C(=O)n1nnn(-c2c(Cl)cccc2Cl)c1=O)C1CCC(C(=O)N2CCOCC2)CC1. The van der Waals surface area contributed by atoms with Crippen molar-refractivity contribution in [3.05, 3.63) is 38.7 Å². The number of tetrazole rings is 1. The van der Waals surface area contributed by atoms with Crippen LogP contribution in [0, 0.1) is 5.92 Å². The van der Waals surface area contributed by atoms with Crippen molar-refractivity contribution in [1.29, 1.82) is 0 Å². The molecule has 178 valence electrons. The van der Waals surface area contributed by atoms with Crippen LogP contribution < -0.4 is 5.69 Å². The maximum absolute atomic E-state index is 13.2. The van der Waals surface area contributed by atoms with Crippen molar-refractivity contribution in [2.45, 2.75) is 38.6 Å². The van der Waals surface area contributed by atoms with E-state index >= 15 is 0 Å². The summed E-state index contributed by atoms with van der Waals surface area (Å²) >= 11 is 12.4. The number of aromatic nitrogens is 4. The number of para-hydroxylation sites is 1. The van der Waals surface area contributed by atoms with Crippen molar-refractivity contribution >= 4 is 35.1 Å². The Bertz CT molecular complexity index is 1050. The molecule has 1 saturated heterocycles. The predicted molar refractivity (Wildman–Crippen MR) is 122 cm³/mol. The lowest BCUT2D eigenvalue weighted by atomic mass is 9.84. The average Bonchev–Trinajstić information content (AvgIpc) is 3.21. The summed E-state index contributed by atoms with van der Waals surface area (Å²) in [5.74, 6) is 0.126. The van der Waals surface area contributed by atoms with Gasteiger partial charge in [-0.15, -0.1) is 4.68 Å². The van der Waals surface area contributed by atoms with Crippen LogP contribution in [0.4, 0.5) is 4.79 Å². The quantitative estimate of drug-likeness (QED) is 0.602. The molecule has 1 aromatic heterocycles. The Hall–Kier alpha value is -2.43. The van der Waals surface area contributed by atoms with E-state index in [1.54, 1.807) is 23.1 Å². The summed E-state index contributed by atoms with van der Waals surface area (Å²) in [5.41, 5.74) is -0.570. The van der Waals surface area contributed by atoms with Crippen LogP contribution in [-0.4, -0.2) is 80.4 Å². The fourth-order valence-electron chi connectivity index (χ4n) is 4.55. The number of amides is 2. The monoisotopic (exact) mass is 496 g/mol. The first-order valence-corrected chi connectivity index (χ1v) is 11.8. The van der Waals surface area contributed by atoms with E-state index in [0.29, 0.717) is 58.5 Å². The van der Waals surface area contributed by atoms with Gasteiger partial charge in [0, 0.05) is 31.6 Å². The van der Waals surface area contributed by atoms with Gasteiger partial charge in [0.2, 0.25) is 5.91 Å². The molecular weight excluding hydrogens is 471 g/mol. The minimum absolute atomic E-state index is 0.0425. The average molecular weight is 497 g/mol. The molecular formula is C21H26Cl2N6O4. The second-order valence-corrected chi connectivity index (χ2v) is 8.98. The van der Waals surface area contributed by atoms with E-state index in [2.05, 4.69) is 10.4 Å². The molecule has 2 aliphatic rings. The topological polar surface area (TPSA) is 103 Å². The van der Waals surface area contributed by atoms with Crippen LogP contribution in [0.2, 0.25) is 10.0 Å². The number of halogens is 2. The largest absolute Gasteiger partial charge is 0.378 e. The maximum Gasteiger partial charge on any atom is 0.377 e. The Morgan fingerprint density at radius 2 is 1.73 bits per heavy atom. The summed E-state index contributed by atoms with van der Waals surface area (Å²) in [4.78, 5) is 42.4. The number of hydrogen-bond acceptors (Lipinski definition) is 6. The summed E-state index contributed by atoms with van der Waals surface area (Å²) in [6.07, 6.45) is 2.75. The molecule has 0 unspecified atom stereocenters. The zero-order valence-corrected chi connectivity index (χ0v) is 19.8. The van der Waals surface area contributed by atoms with Gasteiger partial charge < -0.3 is 14.5 Å². The lowest BCUT2D eigenvalue weighted by Crippen LogP contribution is -2.49. The van der Waals surface area contributed by atoms with Crippen LogP contribution in [0.1, 0.15) is 32.6 Å². The summed E-state index contributed by atoms with van der Waals surface area (Å²) in [5, 5.41) is 8.04. The molecule has 1 aliphatic carbocycles. The van der Waals surface area contributed by atoms with Gasteiger partial charge in [0.1, 0.15) is 5.69 Å². The van der Waals surface area contributed by atoms with Gasteiger partial charge in [-0.05, 0) is 55.2 Å². The molecule has 0 N–H and O–H groups in total. The van der Waals surface area contributed by atoms with E-state index < -0.39 is 11.7 Å². The first-order chi connectivity index (χ1) is 15.9. The molecule has 0 spiro atoms. The van der Waals surface area contributed by atoms with Gasteiger partial charge in [-0.3, -0.25) is 4.79 Å². The highest BCUT2D eigenvalue weighted by Crippen LogP contribution is 2.30. The predicted octanol–water partition coefficient (Wildman–Crippen LogP) is 2.44. The molecule has 10 nitrogen and oxygen atoms in total. The fourth-order valence-corrected chi connectivity index (χ4v) is 5.10. The van der Waals surface area contributed by atoms with Crippen LogP contribution in [0.3, 0.4) is 0 Å². The van der Waals surface area contributed by atoms with Crippen molar-refractivity contribution in [2.75, 3.05) is 32.8 Å². The van der Waals surface area contributed by atoms with Gasteiger partial charge in [0.15, 0.2) is 0 Å². The molecule has 2 amide bonds. The lowest BCUT2D eigenvalue weighted by Gasteiger charge is -2.37. The van der Waals surface area contributed by atoms with Gasteiger partial charge in [-0.2, -0.15) is 4.68 Å². The van der Waals surface area contributed by atoms with Gasteiger partial charge in [0.05, 0.1) is 23.3 Å². The van der Waals surface area contributed by atoms with Crippen LogP contribution in [0.5, 0.6) is 0 Å². The summed E-state index contributed by atoms with van der Waals surface area (Å²) in [7, 11) is 0. The second kappa shape index (κ2) is 10.2. The first kappa shape index (κ1) is 23.7. The van der Waals surface area contributed by atoms with Gasteiger partial charge in [0.25, 0.3) is 0 Å². The zero-order valence-electron chi connectivity index (χ0n) is 18.3. The van der Waals surface area contributed by atoms with Crippen molar-refractivity contribution < 1.29 is 14.3 Å². The van der Waals surface area contributed by atoms with E-state index in [4.69, 9.17) is 27.9 Å². The molecule has 2 heterocycles. The number of carbonyl (C=O) groups excluding carboxylic acids is 2. The van der Waals surface area contributed by atoms with E-state index in [1.165, 1.54) is 0 Å². The highest BCUT2D eigenvalue weighted by atomic mass is 35.5. The Morgan fingerprint density at radius 3 is 2.33 bits per heavy atom. The standard InChI is InChI=1S/C21H26Cl2N6O4/c1-2-27(15-8-6-14(7-9-15)19(30)26-10-12-33-13-11-26)20(31)29-21(32)28(24-25-29)18-16(22)4-3-5-17(18)23/h3-5,14-15H,2,6-13H2,1H3. The molecule has 12 heteroatoms. The molecule has 1 saturated carbocycles. The number of carbonyl (C=O) groups is 2. The molecule has 4 rings (SSSR count). The summed E-state index contributed by atoms with van der Waals surface area (Å²) in [6, 6.07) is 4.15. The number of benzene rings is 1. The minimum atomic E-state index is -0.746. The molecule has 1 aromatic carbocycles. The molecule has 0 atom stereocenters. The lowest BCUT2D eigenvalue weighted by molar-refractivity contribution is -0.141. The van der Waals surface area contributed by atoms with E-state index in [0.717, 1.165) is 9.36 Å². The summed E-state index contributed by atoms with van der Waals surface area (Å²) in [6.45, 7) is 4.67. The molecule has 33 heavy (non-hydrogen) atoms. The number of morpholine rings is 1. The Balaban J connectivity index is 1.46. The van der Waals surface area contributed by atoms with Crippen LogP contribution in [0.15, 0.2) is 23.0 Å². The maximum atomic E-state index is 13.2.